The van der Waals surface area contributed by atoms with Gasteiger partial charge in [0.15, 0.2) is 0 Å². The molecule has 136 valence electrons. The number of hydrogen-bond donors (Lipinski definition) is 0. The Kier molecular flexibility index (Phi) is 6.29. The summed E-state index contributed by atoms with van der Waals surface area (Å²) in [4.78, 5) is 4.61. The maximum Gasteiger partial charge on any atom is 0.225 e. The predicted octanol–water partition coefficient (Wildman–Crippen LogP) is 6.74. The molecule has 0 aliphatic rings. The molecule has 0 bridgehead atoms. The number of aliphatic imine (C=N–C) groups is 1. The third-order valence-electron chi connectivity index (χ3n) is 3.73. The molecular weight excluding hydrogens is 358 g/mol. The van der Waals surface area contributed by atoms with Crippen LogP contribution in [-0.4, -0.2) is 5.90 Å². The maximum atomic E-state index is 6.06. The number of ether oxygens (including phenoxy) is 2. The molecule has 0 heterocycles. The summed E-state index contributed by atoms with van der Waals surface area (Å²) in [6.45, 7) is 3.93. The Balaban J connectivity index is 1.87. The first-order chi connectivity index (χ1) is 13.1. The first-order valence-corrected chi connectivity index (χ1v) is 8.95. The number of para-hydroxylation sites is 1. The molecule has 0 aromatic heterocycles. The van der Waals surface area contributed by atoms with E-state index < -0.39 is 0 Å². The first-order valence-electron chi connectivity index (χ1n) is 8.58. The first kappa shape index (κ1) is 18.7. The molecular formula is C23H20ClNO2. The van der Waals surface area contributed by atoms with E-state index in [-0.39, 0.29) is 0 Å². The summed E-state index contributed by atoms with van der Waals surface area (Å²) < 4.78 is 11.7. The highest BCUT2D eigenvalue weighted by atomic mass is 35.5. The quantitative estimate of drug-likeness (QED) is 0.280. The van der Waals surface area contributed by atoms with E-state index in [1.54, 1.807) is 18.4 Å². The fourth-order valence-corrected chi connectivity index (χ4v) is 2.46. The van der Waals surface area contributed by atoms with E-state index in [1.807, 2.05) is 80.6 Å². The summed E-state index contributed by atoms with van der Waals surface area (Å²) in [5.74, 6) is 1.80. The minimum atomic E-state index is 0.440. The minimum Gasteiger partial charge on any atom is -0.465 e. The van der Waals surface area contributed by atoms with Gasteiger partial charge < -0.3 is 9.47 Å². The molecule has 3 nitrogen and oxygen atoms in total. The van der Waals surface area contributed by atoms with E-state index in [9.17, 15) is 0 Å². The van der Waals surface area contributed by atoms with Gasteiger partial charge in [-0.15, -0.1) is 0 Å². The van der Waals surface area contributed by atoms with Crippen molar-refractivity contribution in [3.63, 3.8) is 0 Å². The van der Waals surface area contributed by atoms with Crippen molar-refractivity contribution in [1.82, 2.24) is 0 Å². The van der Waals surface area contributed by atoms with Gasteiger partial charge in [0.1, 0.15) is 11.5 Å². The van der Waals surface area contributed by atoms with E-state index in [1.165, 1.54) is 5.56 Å². The van der Waals surface area contributed by atoms with Crippen LogP contribution < -0.4 is 9.47 Å². The van der Waals surface area contributed by atoms with Crippen LogP contribution in [-0.2, 0) is 0 Å². The number of benzene rings is 3. The molecule has 0 unspecified atom stereocenters. The van der Waals surface area contributed by atoms with E-state index in [0.29, 0.717) is 16.7 Å². The third kappa shape index (κ3) is 5.73. The molecule has 0 atom stereocenters. The van der Waals surface area contributed by atoms with Crippen molar-refractivity contribution in [3.05, 3.63) is 101 Å². The third-order valence-corrected chi connectivity index (χ3v) is 3.96. The van der Waals surface area contributed by atoms with Crippen molar-refractivity contribution in [2.24, 2.45) is 4.99 Å². The van der Waals surface area contributed by atoms with Crippen LogP contribution in [0.3, 0.4) is 0 Å². The van der Waals surface area contributed by atoms with Gasteiger partial charge in [0.25, 0.3) is 0 Å². The van der Waals surface area contributed by atoms with Crippen molar-refractivity contribution in [2.75, 3.05) is 0 Å². The lowest BCUT2D eigenvalue weighted by Crippen LogP contribution is -2.11. The Hall–Kier alpha value is -3.04. The average molecular weight is 378 g/mol. The maximum absolute atomic E-state index is 6.06. The van der Waals surface area contributed by atoms with Gasteiger partial charge in [0.05, 0.1) is 11.9 Å². The highest BCUT2D eigenvalue weighted by Crippen LogP contribution is 2.21. The van der Waals surface area contributed by atoms with Gasteiger partial charge in [-0.3, -0.25) is 0 Å². The number of hydrogen-bond acceptors (Lipinski definition) is 3. The van der Waals surface area contributed by atoms with Crippen LogP contribution in [0.25, 0.3) is 0 Å². The molecule has 0 saturated heterocycles. The van der Waals surface area contributed by atoms with Gasteiger partial charge in [0.2, 0.25) is 5.90 Å². The molecule has 0 aliphatic carbocycles. The largest absolute Gasteiger partial charge is 0.465 e. The lowest BCUT2D eigenvalue weighted by molar-refractivity contribution is 0.473. The summed E-state index contributed by atoms with van der Waals surface area (Å²) in [6.07, 6.45) is 1.64. The molecule has 0 N–H and O–H groups in total. The Morgan fingerprint density at radius 1 is 0.889 bits per heavy atom. The van der Waals surface area contributed by atoms with Gasteiger partial charge in [-0.1, -0.05) is 53.6 Å². The Morgan fingerprint density at radius 2 is 1.63 bits per heavy atom. The van der Waals surface area contributed by atoms with Crippen LogP contribution in [0.1, 0.15) is 12.5 Å². The molecule has 0 spiro atoms. The fraction of sp³-hybridized carbons (Fsp3) is 0.0870. The summed E-state index contributed by atoms with van der Waals surface area (Å²) in [5, 5.41) is 0.601. The molecule has 0 amide bonds. The zero-order valence-electron chi connectivity index (χ0n) is 15.2. The van der Waals surface area contributed by atoms with Gasteiger partial charge in [-0.05, 0) is 56.3 Å². The Bertz CT molecular complexity index is 948. The van der Waals surface area contributed by atoms with Crippen LogP contribution >= 0.6 is 11.6 Å². The summed E-state index contributed by atoms with van der Waals surface area (Å²) >= 11 is 6.06. The molecule has 3 rings (SSSR count). The predicted molar refractivity (Wildman–Crippen MR) is 111 cm³/mol. The van der Waals surface area contributed by atoms with E-state index in [2.05, 4.69) is 4.99 Å². The summed E-state index contributed by atoms with van der Waals surface area (Å²) in [5.41, 5.74) is 2.72. The zero-order valence-corrected chi connectivity index (χ0v) is 16.0. The fourth-order valence-electron chi connectivity index (χ4n) is 2.28. The second kappa shape index (κ2) is 9.06. The smallest absolute Gasteiger partial charge is 0.225 e. The summed E-state index contributed by atoms with van der Waals surface area (Å²) in [7, 11) is 0. The van der Waals surface area contributed by atoms with Crippen molar-refractivity contribution in [1.29, 1.82) is 0 Å². The number of aryl methyl sites for hydroxylation is 1. The topological polar surface area (TPSA) is 30.8 Å². The normalized spacial score (nSPS) is 12.0. The highest BCUT2D eigenvalue weighted by molar-refractivity contribution is 6.30. The SMILES string of the molecule is CC(=COc1ccc(C)cc1)/C(=N\c1ccccc1)Oc1cccc(Cl)c1. The van der Waals surface area contributed by atoms with Crippen LogP contribution in [0.5, 0.6) is 11.5 Å². The van der Waals surface area contributed by atoms with E-state index >= 15 is 0 Å². The van der Waals surface area contributed by atoms with Gasteiger partial charge in [-0.2, -0.15) is 0 Å². The van der Waals surface area contributed by atoms with Crippen LogP contribution in [0.15, 0.2) is 95.7 Å². The van der Waals surface area contributed by atoms with Gasteiger partial charge >= 0.3 is 0 Å². The lowest BCUT2D eigenvalue weighted by atomic mass is 10.2. The molecule has 0 radical (unpaired) electrons. The van der Waals surface area contributed by atoms with Crippen molar-refractivity contribution in [2.45, 2.75) is 13.8 Å². The van der Waals surface area contributed by atoms with Crippen molar-refractivity contribution >= 4 is 23.2 Å². The standard InChI is InChI=1S/C23H20ClNO2/c1-17-11-13-21(14-12-17)26-16-18(2)23(25-20-8-4-3-5-9-20)27-22-10-6-7-19(24)15-22/h3-16H,1-2H3/b18-16?,25-23+. The average Bonchev–Trinajstić information content (AvgIpc) is 2.68. The molecule has 0 aliphatic heterocycles. The number of nitrogens with zero attached hydrogens (tertiary/aromatic N) is 1. The molecule has 3 aromatic carbocycles. The van der Waals surface area contributed by atoms with E-state index in [0.717, 1.165) is 17.0 Å². The summed E-state index contributed by atoms with van der Waals surface area (Å²) in [6, 6.07) is 24.7. The zero-order chi connectivity index (χ0) is 19.1. The molecule has 3 aromatic rings. The minimum absolute atomic E-state index is 0.440. The highest BCUT2D eigenvalue weighted by Gasteiger charge is 2.08. The Morgan fingerprint density at radius 3 is 2.33 bits per heavy atom. The van der Waals surface area contributed by atoms with Crippen LogP contribution in [0.2, 0.25) is 5.02 Å². The molecule has 4 heteroatoms. The van der Waals surface area contributed by atoms with Crippen molar-refractivity contribution < 1.29 is 9.47 Å². The van der Waals surface area contributed by atoms with Gasteiger partial charge in [0, 0.05) is 10.6 Å². The molecule has 0 saturated carbocycles. The van der Waals surface area contributed by atoms with E-state index in [4.69, 9.17) is 21.1 Å². The van der Waals surface area contributed by atoms with Crippen LogP contribution in [0, 0.1) is 6.92 Å². The van der Waals surface area contributed by atoms with Crippen molar-refractivity contribution in [3.8, 4) is 11.5 Å². The second-order valence-corrected chi connectivity index (χ2v) is 6.48. The molecule has 27 heavy (non-hydrogen) atoms. The van der Waals surface area contributed by atoms with Crippen LogP contribution in [0.4, 0.5) is 5.69 Å². The monoisotopic (exact) mass is 377 g/mol. The Labute approximate surface area is 164 Å². The van der Waals surface area contributed by atoms with Gasteiger partial charge in [-0.25, -0.2) is 4.99 Å². The second-order valence-electron chi connectivity index (χ2n) is 6.04. The number of rotatable bonds is 5. The number of halogens is 1. The lowest BCUT2D eigenvalue weighted by Gasteiger charge is -2.10. The molecule has 0 fully saturated rings.